The van der Waals surface area contributed by atoms with Gasteiger partial charge in [0.05, 0.1) is 18.4 Å². The third-order valence-electron chi connectivity index (χ3n) is 3.51. The number of halogens is 3. The van der Waals surface area contributed by atoms with Gasteiger partial charge in [0.2, 0.25) is 5.88 Å². The van der Waals surface area contributed by atoms with Gasteiger partial charge in [-0.1, -0.05) is 0 Å². The number of ether oxygens (including phenoxy) is 1. The van der Waals surface area contributed by atoms with Gasteiger partial charge in [0.25, 0.3) is 5.91 Å². The molecule has 0 unspecified atom stereocenters. The Balaban J connectivity index is 1.63. The lowest BCUT2D eigenvalue weighted by molar-refractivity contribution is -0.137. The average Bonchev–Trinajstić information content (AvgIpc) is 3.17. The quantitative estimate of drug-likeness (QED) is 0.870. The average molecular weight is 326 g/mol. The number of furan rings is 1. The number of carbonyl (C=O) groups is 1. The minimum absolute atomic E-state index is 0.0999. The largest absolute Gasteiger partial charge is 0.472 e. The highest BCUT2D eigenvalue weighted by molar-refractivity contribution is 5.91. The normalized spacial score (nSPS) is 18.2. The van der Waals surface area contributed by atoms with Crippen LogP contribution in [0.4, 0.5) is 13.2 Å². The van der Waals surface area contributed by atoms with Crippen molar-refractivity contribution in [3.63, 3.8) is 0 Å². The fourth-order valence-electron chi connectivity index (χ4n) is 2.39. The molecule has 0 N–H and O–H groups in total. The second-order valence-corrected chi connectivity index (χ2v) is 5.14. The number of amides is 1. The molecule has 8 heteroatoms. The summed E-state index contributed by atoms with van der Waals surface area (Å²) in [5, 5.41) is 0. The van der Waals surface area contributed by atoms with Crippen molar-refractivity contribution in [2.24, 2.45) is 0 Å². The van der Waals surface area contributed by atoms with Crippen molar-refractivity contribution < 1.29 is 27.1 Å². The van der Waals surface area contributed by atoms with E-state index < -0.39 is 17.8 Å². The summed E-state index contributed by atoms with van der Waals surface area (Å²) in [5.41, 5.74) is -0.816. The molecule has 0 spiro atoms. The second-order valence-electron chi connectivity index (χ2n) is 5.14. The van der Waals surface area contributed by atoms with Crippen LogP contribution in [0.5, 0.6) is 5.88 Å². The minimum Gasteiger partial charge on any atom is -0.472 e. The lowest BCUT2D eigenvalue weighted by Crippen LogP contribution is -2.30. The zero-order valence-corrected chi connectivity index (χ0v) is 11.9. The molecule has 0 aromatic carbocycles. The molecule has 1 amide bonds. The fraction of sp³-hybridized carbons (Fsp3) is 0.333. The van der Waals surface area contributed by atoms with E-state index in [2.05, 4.69) is 4.98 Å². The molecule has 1 saturated heterocycles. The van der Waals surface area contributed by atoms with Gasteiger partial charge in [-0.15, -0.1) is 0 Å². The monoisotopic (exact) mass is 326 g/mol. The van der Waals surface area contributed by atoms with Crippen molar-refractivity contribution in [2.75, 3.05) is 13.1 Å². The van der Waals surface area contributed by atoms with Gasteiger partial charge in [0, 0.05) is 25.2 Å². The number of alkyl halides is 3. The number of hydrogen-bond donors (Lipinski definition) is 0. The Hall–Kier alpha value is -2.51. The predicted molar refractivity (Wildman–Crippen MR) is 72.9 cm³/mol. The Bertz CT molecular complexity index is 686. The first-order valence-electron chi connectivity index (χ1n) is 6.96. The molecule has 1 atom stereocenters. The second kappa shape index (κ2) is 5.94. The Morgan fingerprint density at radius 3 is 2.91 bits per heavy atom. The van der Waals surface area contributed by atoms with Crippen LogP contribution < -0.4 is 4.74 Å². The van der Waals surface area contributed by atoms with Crippen molar-refractivity contribution in [2.45, 2.75) is 18.7 Å². The van der Waals surface area contributed by atoms with Crippen molar-refractivity contribution in [3.8, 4) is 5.88 Å². The molecule has 0 radical (unpaired) electrons. The lowest BCUT2D eigenvalue weighted by Gasteiger charge is -2.16. The van der Waals surface area contributed by atoms with Crippen LogP contribution in [0.25, 0.3) is 0 Å². The molecule has 0 aliphatic carbocycles. The molecule has 1 aliphatic heterocycles. The molecule has 3 heterocycles. The Morgan fingerprint density at radius 2 is 2.22 bits per heavy atom. The van der Waals surface area contributed by atoms with Crippen molar-refractivity contribution in [3.05, 3.63) is 48.0 Å². The smallest absolute Gasteiger partial charge is 0.416 e. The number of pyridine rings is 1. The highest BCUT2D eigenvalue weighted by Gasteiger charge is 2.32. The molecule has 2 aromatic heterocycles. The molecule has 0 bridgehead atoms. The summed E-state index contributed by atoms with van der Waals surface area (Å²) in [6, 6.07) is 4.92. The maximum Gasteiger partial charge on any atom is 0.416 e. The topological polar surface area (TPSA) is 55.6 Å². The van der Waals surface area contributed by atoms with Gasteiger partial charge in [-0.25, -0.2) is 4.98 Å². The van der Waals surface area contributed by atoms with Crippen LogP contribution in [0.1, 0.15) is 22.5 Å². The van der Waals surface area contributed by atoms with Gasteiger partial charge in [0.15, 0.2) is 5.76 Å². The predicted octanol–water partition coefficient (Wildman–Crippen LogP) is 2.99. The van der Waals surface area contributed by atoms with Crippen LogP contribution in [0.2, 0.25) is 0 Å². The van der Waals surface area contributed by atoms with E-state index in [1.807, 2.05) is 0 Å². The lowest BCUT2D eigenvalue weighted by atomic mass is 10.2. The summed E-state index contributed by atoms with van der Waals surface area (Å²) >= 11 is 0. The first kappa shape index (κ1) is 15.4. The highest BCUT2D eigenvalue weighted by Crippen LogP contribution is 2.31. The standard InChI is InChI=1S/C15H13F3N2O3/c16-15(17,18)10-3-5-19-13(8-10)23-11-4-6-20(9-11)14(21)12-2-1-7-22-12/h1-3,5,7-8,11H,4,6,9H2/t11-/m0/s1. The fourth-order valence-corrected chi connectivity index (χ4v) is 2.39. The van der Waals surface area contributed by atoms with E-state index in [9.17, 15) is 18.0 Å². The number of aromatic nitrogens is 1. The molecular formula is C15H13F3N2O3. The third kappa shape index (κ3) is 3.46. The Morgan fingerprint density at radius 1 is 1.39 bits per heavy atom. The summed E-state index contributed by atoms with van der Waals surface area (Å²) < 4.78 is 48.5. The zero-order valence-electron chi connectivity index (χ0n) is 11.9. The van der Waals surface area contributed by atoms with Crippen molar-refractivity contribution in [1.29, 1.82) is 0 Å². The van der Waals surface area contributed by atoms with Gasteiger partial charge in [-0.05, 0) is 18.2 Å². The van der Waals surface area contributed by atoms with Gasteiger partial charge < -0.3 is 14.1 Å². The van der Waals surface area contributed by atoms with E-state index in [0.717, 1.165) is 18.3 Å². The molecule has 1 aliphatic rings. The highest BCUT2D eigenvalue weighted by atomic mass is 19.4. The Labute approximate surface area is 129 Å². The summed E-state index contributed by atoms with van der Waals surface area (Å²) in [6.45, 7) is 0.723. The zero-order chi connectivity index (χ0) is 16.4. The Kier molecular flexibility index (Phi) is 3.97. The summed E-state index contributed by atoms with van der Waals surface area (Å²) in [6.07, 6.45) is -1.87. The number of hydrogen-bond acceptors (Lipinski definition) is 4. The van der Waals surface area contributed by atoms with Crippen molar-refractivity contribution in [1.82, 2.24) is 9.88 Å². The minimum atomic E-state index is -4.45. The molecule has 2 aromatic rings. The SMILES string of the molecule is O=C(c1ccco1)N1CC[C@H](Oc2cc(C(F)(F)F)ccn2)C1. The number of nitrogens with zero attached hydrogens (tertiary/aromatic N) is 2. The van der Waals surface area contributed by atoms with Crippen LogP contribution in [0, 0.1) is 0 Å². The number of rotatable bonds is 3. The molecular weight excluding hydrogens is 313 g/mol. The van der Waals surface area contributed by atoms with Crippen LogP contribution in [0.15, 0.2) is 41.1 Å². The van der Waals surface area contributed by atoms with E-state index in [4.69, 9.17) is 9.15 Å². The van der Waals surface area contributed by atoms with E-state index in [-0.39, 0.29) is 24.1 Å². The molecule has 0 saturated carbocycles. The summed E-state index contributed by atoms with van der Waals surface area (Å²) in [7, 11) is 0. The molecule has 23 heavy (non-hydrogen) atoms. The van der Waals surface area contributed by atoms with Gasteiger partial charge >= 0.3 is 6.18 Å². The molecule has 122 valence electrons. The third-order valence-corrected chi connectivity index (χ3v) is 3.51. The first-order valence-corrected chi connectivity index (χ1v) is 6.96. The number of likely N-dealkylation sites (tertiary alicyclic amines) is 1. The van der Waals surface area contributed by atoms with Gasteiger partial charge in [0.1, 0.15) is 6.10 Å². The molecule has 1 fully saturated rings. The van der Waals surface area contributed by atoms with Gasteiger partial charge in [-0.3, -0.25) is 4.79 Å². The van der Waals surface area contributed by atoms with Crippen molar-refractivity contribution >= 4 is 5.91 Å². The number of carbonyl (C=O) groups excluding carboxylic acids is 1. The first-order chi connectivity index (χ1) is 10.9. The van der Waals surface area contributed by atoms with E-state index in [1.54, 1.807) is 12.1 Å². The maximum atomic E-state index is 12.7. The molecule has 5 nitrogen and oxygen atoms in total. The van der Waals surface area contributed by atoms with Crippen LogP contribution in [-0.2, 0) is 6.18 Å². The van der Waals surface area contributed by atoms with Crippen LogP contribution >= 0.6 is 0 Å². The summed E-state index contributed by atoms with van der Waals surface area (Å²) in [5.74, 6) is -0.141. The molecule has 3 rings (SSSR count). The van der Waals surface area contributed by atoms with Crippen LogP contribution in [0.3, 0.4) is 0 Å². The maximum absolute atomic E-state index is 12.7. The van der Waals surface area contributed by atoms with Crippen LogP contribution in [-0.4, -0.2) is 35.0 Å². The van der Waals surface area contributed by atoms with E-state index in [0.29, 0.717) is 13.0 Å². The van der Waals surface area contributed by atoms with Gasteiger partial charge in [-0.2, -0.15) is 13.2 Å². The van der Waals surface area contributed by atoms with E-state index in [1.165, 1.54) is 11.2 Å². The summed E-state index contributed by atoms with van der Waals surface area (Å²) in [4.78, 5) is 17.4. The van der Waals surface area contributed by atoms with E-state index >= 15 is 0 Å².